The van der Waals surface area contributed by atoms with Crippen molar-refractivity contribution in [1.82, 2.24) is 5.32 Å². The molecule has 1 saturated heterocycles. The number of aliphatic carboxylic acids is 1. The van der Waals surface area contributed by atoms with E-state index in [-0.39, 0.29) is 11.8 Å². The highest BCUT2D eigenvalue weighted by molar-refractivity contribution is 7.99. The minimum atomic E-state index is -1.09. The molecular weight excluding hydrogens is 274 g/mol. The van der Waals surface area contributed by atoms with Crippen molar-refractivity contribution in [2.45, 2.75) is 31.2 Å². The maximum Gasteiger partial charge on any atom is 0.329 e. The first-order chi connectivity index (χ1) is 9.55. The summed E-state index contributed by atoms with van der Waals surface area (Å²) in [5, 5.41) is 12.2. The molecule has 0 bridgehead atoms. The van der Waals surface area contributed by atoms with Gasteiger partial charge in [0.05, 0.1) is 5.92 Å². The molecule has 5 heteroatoms. The van der Waals surface area contributed by atoms with E-state index in [9.17, 15) is 14.7 Å². The van der Waals surface area contributed by atoms with Gasteiger partial charge < -0.3 is 10.4 Å². The molecule has 1 aromatic rings. The third kappa shape index (κ3) is 3.15. The van der Waals surface area contributed by atoms with Crippen molar-refractivity contribution in [3.8, 4) is 0 Å². The number of amides is 1. The number of hydrogen-bond acceptors (Lipinski definition) is 3. The highest BCUT2D eigenvalue weighted by Crippen LogP contribution is 2.28. The van der Waals surface area contributed by atoms with Gasteiger partial charge in [-0.1, -0.05) is 30.3 Å². The highest BCUT2D eigenvalue weighted by Gasteiger charge is 2.41. The Bertz CT molecular complexity index is 483. The number of benzene rings is 1. The smallest absolute Gasteiger partial charge is 0.329 e. The number of carbonyl (C=O) groups is 2. The standard InChI is InChI=1S/C15H19NO3S/c1-11(12-5-3-2-4-6-12)13(17)16-15(14(18)19)7-9-20-10-8-15/h2-6,11H,7-10H2,1H3,(H,16,17)(H,18,19)/t11-/m1/s1. The summed E-state index contributed by atoms with van der Waals surface area (Å²) in [6.45, 7) is 1.80. The van der Waals surface area contributed by atoms with Crippen LogP contribution >= 0.6 is 11.8 Å². The van der Waals surface area contributed by atoms with Crippen LogP contribution in [0.2, 0.25) is 0 Å². The molecule has 1 fully saturated rings. The Kier molecular flexibility index (Phi) is 4.70. The van der Waals surface area contributed by atoms with Gasteiger partial charge in [0.25, 0.3) is 0 Å². The number of nitrogens with one attached hydrogen (secondary N) is 1. The van der Waals surface area contributed by atoms with Crippen LogP contribution in [0, 0.1) is 0 Å². The van der Waals surface area contributed by atoms with Gasteiger partial charge in [-0.05, 0) is 36.8 Å². The number of carbonyl (C=O) groups excluding carboxylic acids is 1. The van der Waals surface area contributed by atoms with Crippen LogP contribution in [0.4, 0.5) is 0 Å². The normalized spacial score (nSPS) is 19.1. The predicted molar refractivity (Wildman–Crippen MR) is 79.9 cm³/mol. The summed E-state index contributed by atoms with van der Waals surface area (Å²) in [6.07, 6.45) is 0.973. The zero-order chi connectivity index (χ0) is 14.6. The summed E-state index contributed by atoms with van der Waals surface area (Å²) in [6, 6.07) is 9.42. The van der Waals surface area contributed by atoms with E-state index in [1.54, 1.807) is 18.7 Å². The van der Waals surface area contributed by atoms with Crippen molar-refractivity contribution in [2.75, 3.05) is 11.5 Å². The molecule has 108 valence electrons. The Morgan fingerprint density at radius 3 is 2.40 bits per heavy atom. The lowest BCUT2D eigenvalue weighted by molar-refractivity contribution is -0.148. The van der Waals surface area contributed by atoms with Crippen LogP contribution in [-0.4, -0.2) is 34.0 Å². The number of hydrogen-bond donors (Lipinski definition) is 2. The van der Waals surface area contributed by atoms with E-state index in [0.29, 0.717) is 12.8 Å². The molecule has 0 radical (unpaired) electrons. The topological polar surface area (TPSA) is 66.4 Å². The SMILES string of the molecule is C[C@@H](C(=O)NC1(C(=O)O)CCSCC1)c1ccccc1. The van der Waals surface area contributed by atoms with E-state index in [1.165, 1.54) is 0 Å². The van der Waals surface area contributed by atoms with E-state index in [2.05, 4.69) is 5.32 Å². The first-order valence-corrected chi connectivity index (χ1v) is 7.89. The van der Waals surface area contributed by atoms with Crippen molar-refractivity contribution in [3.05, 3.63) is 35.9 Å². The molecule has 1 heterocycles. The Morgan fingerprint density at radius 1 is 1.25 bits per heavy atom. The van der Waals surface area contributed by atoms with Crippen LogP contribution in [0.3, 0.4) is 0 Å². The van der Waals surface area contributed by atoms with Crippen molar-refractivity contribution >= 4 is 23.6 Å². The number of carboxylic acids is 1. The van der Waals surface area contributed by atoms with Crippen LogP contribution in [0.5, 0.6) is 0 Å². The summed E-state index contributed by atoms with van der Waals surface area (Å²) in [4.78, 5) is 23.9. The summed E-state index contributed by atoms with van der Waals surface area (Å²) in [5.74, 6) is 0.0532. The maximum atomic E-state index is 12.3. The fourth-order valence-corrected chi connectivity index (χ4v) is 3.54. The molecule has 0 saturated carbocycles. The monoisotopic (exact) mass is 293 g/mol. The van der Waals surface area contributed by atoms with Gasteiger partial charge in [0.1, 0.15) is 5.54 Å². The van der Waals surface area contributed by atoms with Gasteiger partial charge in [-0.2, -0.15) is 11.8 Å². The van der Waals surface area contributed by atoms with Crippen molar-refractivity contribution in [3.63, 3.8) is 0 Å². The lowest BCUT2D eigenvalue weighted by Crippen LogP contribution is -2.57. The molecule has 0 spiro atoms. The third-order valence-electron chi connectivity index (χ3n) is 3.81. The molecule has 2 N–H and O–H groups in total. The molecule has 1 aliphatic rings. The lowest BCUT2D eigenvalue weighted by atomic mass is 9.90. The largest absolute Gasteiger partial charge is 0.480 e. The Labute approximate surface area is 123 Å². The van der Waals surface area contributed by atoms with Crippen LogP contribution in [0.1, 0.15) is 31.2 Å². The number of carboxylic acid groups (broad SMARTS) is 1. The van der Waals surface area contributed by atoms with Gasteiger partial charge in [0.15, 0.2) is 0 Å². The number of thioether (sulfide) groups is 1. The average Bonchev–Trinajstić information content (AvgIpc) is 2.48. The predicted octanol–water partition coefficient (Wildman–Crippen LogP) is 2.26. The van der Waals surface area contributed by atoms with E-state index in [0.717, 1.165) is 17.1 Å². The second kappa shape index (κ2) is 6.31. The van der Waals surface area contributed by atoms with Gasteiger partial charge in [-0.25, -0.2) is 4.79 Å². The first-order valence-electron chi connectivity index (χ1n) is 6.73. The van der Waals surface area contributed by atoms with Gasteiger partial charge in [-0.3, -0.25) is 4.79 Å². The molecule has 1 aliphatic heterocycles. The van der Waals surface area contributed by atoms with Crippen LogP contribution < -0.4 is 5.32 Å². The third-order valence-corrected chi connectivity index (χ3v) is 4.80. The van der Waals surface area contributed by atoms with E-state index in [4.69, 9.17) is 0 Å². The zero-order valence-corrected chi connectivity index (χ0v) is 12.3. The van der Waals surface area contributed by atoms with Crippen LogP contribution in [0.15, 0.2) is 30.3 Å². The maximum absolute atomic E-state index is 12.3. The van der Waals surface area contributed by atoms with Crippen molar-refractivity contribution < 1.29 is 14.7 Å². The summed E-state index contributed by atoms with van der Waals surface area (Å²) >= 11 is 1.73. The van der Waals surface area contributed by atoms with E-state index >= 15 is 0 Å². The molecule has 0 unspecified atom stereocenters. The summed E-state index contributed by atoms with van der Waals surface area (Å²) in [7, 11) is 0. The molecule has 1 atom stereocenters. The lowest BCUT2D eigenvalue weighted by Gasteiger charge is -2.34. The molecule has 2 rings (SSSR count). The molecule has 20 heavy (non-hydrogen) atoms. The molecular formula is C15H19NO3S. The molecule has 0 aromatic heterocycles. The molecule has 0 aliphatic carbocycles. The Hall–Kier alpha value is -1.49. The highest BCUT2D eigenvalue weighted by atomic mass is 32.2. The van der Waals surface area contributed by atoms with Crippen LogP contribution in [0.25, 0.3) is 0 Å². The minimum Gasteiger partial charge on any atom is -0.480 e. The van der Waals surface area contributed by atoms with Crippen molar-refractivity contribution in [1.29, 1.82) is 0 Å². The van der Waals surface area contributed by atoms with Gasteiger partial charge in [0.2, 0.25) is 5.91 Å². The quantitative estimate of drug-likeness (QED) is 0.893. The summed E-state index contributed by atoms with van der Waals surface area (Å²) in [5.41, 5.74) is -0.193. The Balaban J connectivity index is 2.11. The average molecular weight is 293 g/mol. The number of rotatable bonds is 4. The molecule has 4 nitrogen and oxygen atoms in total. The van der Waals surface area contributed by atoms with Crippen LogP contribution in [-0.2, 0) is 9.59 Å². The van der Waals surface area contributed by atoms with E-state index < -0.39 is 11.5 Å². The second-order valence-electron chi connectivity index (χ2n) is 5.12. The fourth-order valence-electron chi connectivity index (χ4n) is 2.35. The first kappa shape index (κ1) is 14.9. The van der Waals surface area contributed by atoms with Gasteiger partial charge >= 0.3 is 5.97 Å². The minimum absolute atomic E-state index is 0.217. The van der Waals surface area contributed by atoms with Gasteiger partial charge in [-0.15, -0.1) is 0 Å². The molecule has 1 aromatic carbocycles. The fraction of sp³-hybridized carbons (Fsp3) is 0.467. The zero-order valence-electron chi connectivity index (χ0n) is 11.5. The Morgan fingerprint density at radius 2 is 1.85 bits per heavy atom. The molecule has 1 amide bonds. The van der Waals surface area contributed by atoms with Crippen molar-refractivity contribution in [2.24, 2.45) is 0 Å². The van der Waals surface area contributed by atoms with E-state index in [1.807, 2.05) is 30.3 Å². The summed E-state index contributed by atoms with van der Waals surface area (Å²) < 4.78 is 0. The second-order valence-corrected chi connectivity index (χ2v) is 6.35. The van der Waals surface area contributed by atoms with Gasteiger partial charge in [0, 0.05) is 0 Å².